The van der Waals surface area contributed by atoms with E-state index in [1.54, 1.807) is 0 Å². The number of ether oxygens (including phenoxy) is 2. The van der Waals surface area contributed by atoms with Crippen molar-refractivity contribution in [1.29, 1.82) is 0 Å². The molecule has 0 aliphatic carbocycles. The summed E-state index contributed by atoms with van der Waals surface area (Å²) in [5.74, 6) is -0.506. The number of amides is 1. The molecule has 0 aliphatic heterocycles. The van der Waals surface area contributed by atoms with Gasteiger partial charge in [0.15, 0.2) is 0 Å². The number of alkyl carbamates (subject to hydrolysis) is 1. The number of hydrogen-bond acceptors (Lipinski definition) is 6. The molecule has 2 aromatic rings. The maximum absolute atomic E-state index is 12.3. The average Bonchev–Trinajstić information content (AvgIpc) is 2.67. The van der Waals surface area contributed by atoms with Crippen molar-refractivity contribution in [3.8, 4) is 5.75 Å². The highest BCUT2D eigenvalue weighted by Crippen LogP contribution is 2.18. The van der Waals surface area contributed by atoms with Gasteiger partial charge in [-0.15, -0.1) is 0 Å². The van der Waals surface area contributed by atoms with Crippen molar-refractivity contribution in [3.63, 3.8) is 0 Å². The smallest absolute Gasteiger partial charge is 0.408 e. The summed E-state index contributed by atoms with van der Waals surface area (Å²) in [5, 5.41) is 13.1. The molecule has 2 rings (SSSR count). The molecular formula is C19H20N2O6. The van der Waals surface area contributed by atoms with Crippen molar-refractivity contribution in [1.82, 2.24) is 5.32 Å². The van der Waals surface area contributed by atoms with Gasteiger partial charge in [0.05, 0.1) is 4.92 Å². The molecule has 0 saturated heterocycles. The number of nitrogens with one attached hydrogen (secondary N) is 1. The molecule has 0 radical (unpaired) electrons. The summed E-state index contributed by atoms with van der Waals surface area (Å²) in [5.41, 5.74) is 0.718. The van der Waals surface area contributed by atoms with Gasteiger partial charge in [-0.1, -0.05) is 43.7 Å². The Balaban J connectivity index is 1.91. The van der Waals surface area contributed by atoms with Crippen molar-refractivity contribution < 1.29 is 24.0 Å². The number of nitro groups is 1. The zero-order valence-corrected chi connectivity index (χ0v) is 14.8. The number of esters is 1. The first-order valence-corrected chi connectivity index (χ1v) is 8.43. The van der Waals surface area contributed by atoms with E-state index in [0.29, 0.717) is 12.8 Å². The number of carbonyl (C=O) groups excluding carboxylic acids is 2. The molecule has 0 fully saturated rings. The Bertz CT molecular complexity index is 777. The van der Waals surface area contributed by atoms with Gasteiger partial charge in [-0.25, -0.2) is 9.59 Å². The van der Waals surface area contributed by atoms with E-state index in [4.69, 9.17) is 9.47 Å². The number of nitrogens with zero attached hydrogens (tertiary/aromatic N) is 1. The lowest BCUT2D eigenvalue weighted by Gasteiger charge is -2.16. The molecule has 0 heterocycles. The standard InChI is InChI=1S/C19H20N2O6/c1-2-6-17(20-19(23)26-13-14-7-4-3-5-8-14)18(22)27-16-11-9-15(10-12-16)21(24)25/h3-5,7-12,17H,2,6,13H2,1H3,(H,20,23)/t17-/m0/s1. The lowest BCUT2D eigenvalue weighted by Crippen LogP contribution is -2.43. The molecule has 1 N–H and O–H groups in total. The molecule has 1 amide bonds. The number of benzene rings is 2. The summed E-state index contributed by atoms with van der Waals surface area (Å²) < 4.78 is 10.3. The third-order valence-corrected chi connectivity index (χ3v) is 3.63. The SMILES string of the molecule is CCC[C@H](NC(=O)OCc1ccccc1)C(=O)Oc1ccc([N+](=O)[O-])cc1. The Morgan fingerprint density at radius 2 is 1.78 bits per heavy atom. The van der Waals surface area contributed by atoms with Crippen LogP contribution in [0.5, 0.6) is 5.75 Å². The fourth-order valence-electron chi connectivity index (χ4n) is 2.27. The van der Waals surface area contributed by atoms with E-state index in [1.807, 2.05) is 37.3 Å². The Labute approximate surface area is 156 Å². The van der Waals surface area contributed by atoms with Crippen LogP contribution in [0.2, 0.25) is 0 Å². The summed E-state index contributed by atoms with van der Waals surface area (Å²) in [7, 11) is 0. The third-order valence-electron chi connectivity index (χ3n) is 3.63. The topological polar surface area (TPSA) is 108 Å². The molecular weight excluding hydrogens is 352 g/mol. The minimum Gasteiger partial charge on any atom is -0.445 e. The fourth-order valence-corrected chi connectivity index (χ4v) is 2.27. The van der Waals surface area contributed by atoms with Gasteiger partial charge in [-0.05, 0) is 24.1 Å². The van der Waals surface area contributed by atoms with Crippen LogP contribution in [0, 0.1) is 10.1 Å². The summed E-state index contributed by atoms with van der Waals surface area (Å²) in [6.07, 6.45) is 0.281. The number of rotatable bonds is 8. The maximum atomic E-state index is 12.3. The van der Waals surface area contributed by atoms with Crippen LogP contribution < -0.4 is 10.1 Å². The third kappa shape index (κ3) is 6.43. The second-order valence-corrected chi connectivity index (χ2v) is 5.72. The van der Waals surface area contributed by atoms with Crippen molar-refractivity contribution in [2.24, 2.45) is 0 Å². The molecule has 27 heavy (non-hydrogen) atoms. The van der Waals surface area contributed by atoms with E-state index in [-0.39, 0.29) is 18.0 Å². The fraction of sp³-hybridized carbons (Fsp3) is 0.263. The van der Waals surface area contributed by atoms with Gasteiger partial charge in [-0.2, -0.15) is 0 Å². The molecule has 142 valence electrons. The highest BCUT2D eigenvalue weighted by atomic mass is 16.6. The molecule has 0 saturated carbocycles. The van der Waals surface area contributed by atoms with E-state index >= 15 is 0 Å². The van der Waals surface area contributed by atoms with Crippen molar-refractivity contribution >= 4 is 17.7 Å². The van der Waals surface area contributed by atoms with Gasteiger partial charge in [0.25, 0.3) is 5.69 Å². The van der Waals surface area contributed by atoms with E-state index in [0.717, 1.165) is 5.56 Å². The molecule has 0 bridgehead atoms. The minimum atomic E-state index is -0.881. The van der Waals surface area contributed by atoms with Crippen LogP contribution in [0.4, 0.5) is 10.5 Å². The van der Waals surface area contributed by atoms with Crippen molar-refractivity contribution in [2.75, 3.05) is 0 Å². The van der Waals surface area contributed by atoms with Crippen molar-refractivity contribution in [3.05, 3.63) is 70.3 Å². The largest absolute Gasteiger partial charge is 0.445 e. The second-order valence-electron chi connectivity index (χ2n) is 5.72. The zero-order valence-electron chi connectivity index (χ0n) is 14.8. The van der Waals surface area contributed by atoms with Gasteiger partial charge in [0.2, 0.25) is 0 Å². The van der Waals surface area contributed by atoms with Crippen LogP contribution in [-0.4, -0.2) is 23.0 Å². The Morgan fingerprint density at radius 1 is 1.11 bits per heavy atom. The number of nitro benzene ring substituents is 1. The molecule has 8 nitrogen and oxygen atoms in total. The van der Waals surface area contributed by atoms with E-state index < -0.39 is 23.0 Å². The first-order chi connectivity index (χ1) is 13.0. The monoisotopic (exact) mass is 372 g/mol. The van der Waals surface area contributed by atoms with Crippen LogP contribution >= 0.6 is 0 Å². The lowest BCUT2D eigenvalue weighted by atomic mass is 10.2. The molecule has 0 unspecified atom stereocenters. The summed E-state index contributed by atoms with van der Waals surface area (Å²) in [4.78, 5) is 34.4. The van der Waals surface area contributed by atoms with Gasteiger partial charge < -0.3 is 14.8 Å². The Morgan fingerprint density at radius 3 is 2.37 bits per heavy atom. The van der Waals surface area contributed by atoms with Crippen LogP contribution in [0.3, 0.4) is 0 Å². The van der Waals surface area contributed by atoms with Gasteiger partial charge in [0, 0.05) is 12.1 Å². The first kappa shape index (κ1) is 19.9. The normalized spacial score (nSPS) is 11.3. The number of carbonyl (C=O) groups is 2. The average molecular weight is 372 g/mol. The molecule has 0 aromatic heterocycles. The molecule has 0 spiro atoms. The summed E-state index contributed by atoms with van der Waals surface area (Å²) in [6.45, 7) is 1.95. The molecule has 8 heteroatoms. The molecule has 1 atom stereocenters. The van der Waals surface area contributed by atoms with Crippen LogP contribution in [0.15, 0.2) is 54.6 Å². The number of non-ortho nitro benzene ring substituents is 1. The van der Waals surface area contributed by atoms with Gasteiger partial charge in [0.1, 0.15) is 18.4 Å². The predicted octanol–water partition coefficient (Wildman–Crippen LogP) is 3.60. The second kappa shape index (κ2) is 9.91. The lowest BCUT2D eigenvalue weighted by molar-refractivity contribution is -0.384. The Kier molecular flexibility index (Phi) is 7.30. The highest BCUT2D eigenvalue weighted by molar-refractivity contribution is 5.82. The van der Waals surface area contributed by atoms with Crippen molar-refractivity contribution in [2.45, 2.75) is 32.4 Å². The molecule has 0 aliphatic rings. The van der Waals surface area contributed by atoms with Crippen LogP contribution in [-0.2, 0) is 16.1 Å². The Hall–Kier alpha value is -3.42. The summed E-state index contributed by atoms with van der Waals surface area (Å²) in [6, 6.07) is 13.4. The quantitative estimate of drug-likeness (QED) is 0.328. The van der Waals surface area contributed by atoms with Gasteiger partial charge >= 0.3 is 12.1 Å². The van der Waals surface area contributed by atoms with E-state index in [2.05, 4.69) is 5.32 Å². The van der Waals surface area contributed by atoms with E-state index in [9.17, 15) is 19.7 Å². The maximum Gasteiger partial charge on any atom is 0.408 e. The van der Waals surface area contributed by atoms with Crippen LogP contribution in [0.1, 0.15) is 25.3 Å². The summed E-state index contributed by atoms with van der Waals surface area (Å²) >= 11 is 0. The van der Waals surface area contributed by atoms with Gasteiger partial charge in [-0.3, -0.25) is 10.1 Å². The number of hydrogen-bond donors (Lipinski definition) is 1. The van der Waals surface area contributed by atoms with Crippen LogP contribution in [0.25, 0.3) is 0 Å². The predicted molar refractivity (Wildman–Crippen MR) is 97.2 cm³/mol. The van der Waals surface area contributed by atoms with E-state index in [1.165, 1.54) is 24.3 Å². The molecule has 2 aromatic carbocycles. The highest BCUT2D eigenvalue weighted by Gasteiger charge is 2.23. The zero-order chi connectivity index (χ0) is 19.6. The first-order valence-electron chi connectivity index (χ1n) is 8.43. The minimum absolute atomic E-state index is 0.0862.